The van der Waals surface area contributed by atoms with E-state index in [0.29, 0.717) is 63.1 Å². The molecule has 3 aromatic carbocycles. The van der Waals surface area contributed by atoms with Crippen LogP contribution >= 0.6 is 0 Å². The number of rotatable bonds is 9. The fourth-order valence-corrected chi connectivity index (χ4v) is 5.65. The van der Waals surface area contributed by atoms with Crippen molar-refractivity contribution in [2.24, 2.45) is 4.99 Å². The van der Waals surface area contributed by atoms with Gasteiger partial charge in [0, 0.05) is 43.7 Å². The van der Waals surface area contributed by atoms with Crippen LogP contribution in [0.15, 0.2) is 83.9 Å². The van der Waals surface area contributed by atoms with Crippen LogP contribution in [0.25, 0.3) is 0 Å². The molecule has 41 heavy (non-hydrogen) atoms. The summed E-state index contributed by atoms with van der Waals surface area (Å²) in [6, 6.07) is 24.8. The number of carbonyl (C=O) groups excluding carboxylic acids is 2. The molecule has 0 bridgehead atoms. The molecule has 0 radical (unpaired) electrons. The number of amides is 2. The molecule has 212 valence electrons. The smallest absolute Gasteiger partial charge is 0.260 e. The zero-order valence-corrected chi connectivity index (χ0v) is 22.8. The molecule has 0 saturated carbocycles. The summed E-state index contributed by atoms with van der Waals surface area (Å²) in [4.78, 5) is 36.3. The highest BCUT2D eigenvalue weighted by atomic mass is 16.5. The molecule has 9 heteroatoms. The van der Waals surface area contributed by atoms with Gasteiger partial charge in [0.15, 0.2) is 11.6 Å². The third kappa shape index (κ3) is 5.30. The molecule has 3 heterocycles. The van der Waals surface area contributed by atoms with Crippen molar-refractivity contribution < 1.29 is 28.9 Å². The number of morpholine rings is 1. The number of para-hydroxylation sites is 1. The minimum atomic E-state index is -1.29. The second-order valence-electron chi connectivity index (χ2n) is 10.4. The Labute approximate surface area is 239 Å². The third-order valence-electron chi connectivity index (χ3n) is 7.74. The van der Waals surface area contributed by atoms with Crippen molar-refractivity contribution in [3.05, 3.63) is 95.6 Å². The van der Waals surface area contributed by atoms with Crippen molar-refractivity contribution in [1.29, 1.82) is 0 Å². The van der Waals surface area contributed by atoms with Gasteiger partial charge in [0.2, 0.25) is 11.8 Å². The van der Waals surface area contributed by atoms with E-state index in [4.69, 9.17) is 24.3 Å². The predicted molar refractivity (Wildman–Crippen MR) is 153 cm³/mol. The predicted octanol–water partition coefficient (Wildman–Crippen LogP) is 3.15. The van der Waals surface area contributed by atoms with Crippen LogP contribution in [0.1, 0.15) is 29.2 Å². The molecule has 1 N–H and O–H groups in total. The number of carbonyl (C=O) groups is 2. The number of nitrogens with zero attached hydrogens (tertiary/aromatic N) is 3. The second-order valence-corrected chi connectivity index (χ2v) is 10.4. The molecule has 0 aliphatic carbocycles. The van der Waals surface area contributed by atoms with Crippen LogP contribution in [0.3, 0.4) is 0 Å². The van der Waals surface area contributed by atoms with Crippen molar-refractivity contribution in [2.75, 3.05) is 51.0 Å². The van der Waals surface area contributed by atoms with Gasteiger partial charge in [0.05, 0.1) is 25.5 Å². The van der Waals surface area contributed by atoms with Crippen molar-refractivity contribution in [1.82, 2.24) is 4.90 Å². The summed E-state index contributed by atoms with van der Waals surface area (Å²) >= 11 is 0. The van der Waals surface area contributed by atoms with Crippen LogP contribution in [0.5, 0.6) is 5.75 Å². The van der Waals surface area contributed by atoms with E-state index in [-0.39, 0.29) is 25.0 Å². The Morgan fingerprint density at radius 2 is 1.73 bits per heavy atom. The number of aliphatic hydroxyl groups is 1. The summed E-state index contributed by atoms with van der Waals surface area (Å²) in [6.45, 7) is 2.39. The Hall–Kier alpha value is -4.21. The van der Waals surface area contributed by atoms with E-state index < -0.39 is 11.6 Å². The molecule has 0 unspecified atom stereocenters. The average Bonchev–Trinajstić information content (AvgIpc) is 3.41. The SMILES string of the molecule is O=C(CN1C(=O)[C@@]2(Cc3ccccc3)N=C(c3ccc(OCCCO)cc3)O[C@H]2c2ccccc21)N1CCOCC1. The van der Waals surface area contributed by atoms with E-state index in [1.54, 1.807) is 9.80 Å². The Morgan fingerprint density at radius 1 is 1.00 bits per heavy atom. The number of aliphatic imine (C=N–C) groups is 1. The summed E-state index contributed by atoms with van der Waals surface area (Å²) in [5, 5.41) is 9.02. The van der Waals surface area contributed by atoms with Gasteiger partial charge >= 0.3 is 0 Å². The maximum atomic E-state index is 14.6. The van der Waals surface area contributed by atoms with Crippen LogP contribution in [-0.2, 0) is 25.5 Å². The first kappa shape index (κ1) is 27.0. The number of ether oxygens (including phenoxy) is 3. The minimum Gasteiger partial charge on any atom is -0.494 e. The van der Waals surface area contributed by atoms with Crippen LogP contribution in [-0.4, -0.2) is 79.3 Å². The first-order chi connectivity index (χ1) is 20.1. The van der Waals surface area contributed by atoms with Crippen LogP contribution in [0, 0.1) is 0 Å². The van der Waals surface area contributed by atoms with E-state index in [0.717, 1.165) is 16.7 Å². The standard InChI is InChI=1S/C32H33N3O6/c36-17-6-18-40-25-13-11-24(12-14-25)30-33-32(21-23-7-2-1-3-8-23)29(41-30)26-9-4-5-10-27(26)35(31(32)38)22-28(37)34-15-19-39-20-16-34/h1-5,7-14,29,36H,6,15-22H2/t29-,32-/m0/s1. The zero-order chi connectivity index (χ0) is 28.2. The molecule has 1 saturated heterocycles. The number of fused-ring (bicyclic) bond motifs is 3. The largest absolute Gasteiger partial charge is 0.494 e. The molecule has 1 fully saturated rings. The van der Waals surface area contributed by atoms with E-state index in [2.05, 4.69) is 0 Å². The first-order valence-electron chi connectivity index (χ1n) is 14.0. The number of anilines is 1. The monoisotopic (exact) mass is 555 g/mol. The molecule has 3 aliphatic rings. The van der Waals surface area contributed by atoms with Gasteiger partial charge in [-0.25, -0.2) is 4.99 Å². The van der Waals surface area contributed by atoms with E-state index >= 15 is 0 Å². The zero-order valence-electron chi connectivity index (χ0n) is 22.8. The minimum absolute atomic E-state index is 0.0676. The van der Waals surface area contributed by atoms with Crippen LogP contribution in [0.4, 0.5) is 5.69 Å². The van der Waals surface area contributed by atoms with Gasteiger partial charge in [-0.3, -0.25) is 9.59 Å². The maximum Gasteiger partial charge on any atom is 0.260 e. The average molecular weight is 556 g/mol. The second kappa shape index (κ2) is 11.7. The first-order valence-corrected chi connectivity index (χ1v) is 14.0. The lowest BCUT2D eigenvalue weighted by Crippen LogP contribution is -2.58. The number of aliphatic hydroxyl groups excluding tert-OH is 1. The van der Waals surface area contributed by atoms with Gasteiger partial charge in [0.25, 0.3) is 5.91 Å². The molecular formula is C32H33N3O6. The third-order valence-corrected chi connectivity index (χ3v) is 7.74. The maximum absolute atomic E-state index is 14.6. The summed E-state index contributed by atoms with van der Waals surface area (Å²) in [7, 11) is 0. The topological polar surface area (TPSA) is 101 Å². The Morgan fingerprint density at radius 3 is 2.49 bits per heavy atom. The number of hydrogen-bond donors (Lipinski definition) is 1. The van der Waals surface area contributed by atoms with Gasteiger partial charge in [-0.2, -0.15) is 0 Å². The highest BCUT2D eigenvalue weighted by molar-refractivity contribution is 6.11. The molecule has 3 aliphatic heterocycles. The summed E-state index contributed by atoms with van der Waals surface area (Å²) in [5.41, 5.74) is 1.87. The van der Waals surface area contributed by atoms with Crippen molar-refractivity contribution in [3.63, 3.8) is 0 Å². The van der Waals surface area contributed by atoms with Gasteiger partial charge < -0.3 is 29.1 Å². The normalized spacial score (nSPS) is 21.5. The molecule has 0 aromatic heterocycles. The fraction of sp³-hybridized carbons (Fsp3) is 0.344. The highest BCUT2D eigenvalue weighted by Gasteiger charge is 2.59. The lowest BCUT2D eigenvalue weighted by atomic mass is 9.78. The molecule has 2 amide bonds. The number of hydrogen-bond acceptors (Lipinski definition) is 7. The summed E-state index contributed by atoms with van der Waals surface area (Å²) in [5.74, 6) is 0.666. The van der Waals surface area contributed by atoms with Gasteiger partial charge in [-0.1, -0.05) is 48.5 Å². The summed E-state index contributed by atoms with van der Waals surface area (Å²) < 4.78 is 17.6. The Balaban J connectivity index is 1.38. The van der Waals surface area contributed by atoms with Crippen molar-refractivity contribution in [3.8, 4) is 5.75 Å². The molecule has 6 rings (SSSR count). The lowest BCUT2D eigenvalue weighted by Gasteiger charge is -2.42. The van der Waals surface area contributed by atoms with Gasteiger partial charge in [-0.15, -0.1) is 0 Å². The molecular weight excluding hydrogens is 522 g/mol. The van der Waals surface area contributed by atoms with Crippen molar-refractivity contribution in [2.45, 2.75) is 24.5 Å². The quantitative estimate of drug-likeness (QED) is 0.407. The molecule has 2 atom stereocenters. The van der Waals surface area contributed by atoms with E-state index in [1.807, 2.05) is 78.9 Å². The summed E-state index contributed by atoms with van der Waals surface area (Å²) in [6.07, 6.45) is 0.212. The van der Waals surface area contributed by atoms with Gasteiger partial charge in [-0.05, 0) is 35.9 Å². The molecule has 0 spiro atoms. The fourth-order valence-electron chi connectivity index (χ4n) is 5.65. The number of benzene rings is 3. The lowest BCUT2D eigenvalue weighted by molar-refractivity contribution is -0.136. The van der Waals surface area contributed by atoms with E-state index in [9.17, 15) is 9.59 Å². The highest BCUT2D eigenvalue weighted by Crippen LogP contribution is 2.50. The van der Waals surface area contributed by atoms with E-state index in [1.165, 1.54) is 0 Å². The Kier molecular flexibility index (Phi) is 7.71. The van der Waals surface area contributed by atoms with Crippen molar-refractivity contribution >= 4 is 23.4 Å². The molecule has 9 nitrogen and oxygen atoms in total. The van der Waals surface area contributed by atoms with Crippen LogP contribution < -0.4 is 9.64 Å². The van der Waals surface area contributed by atoms with Crippen LogP contribution in [0.2, 0.25) is 0 Å². The Bertz CT molecular complexity index is 1420. The van der Waals surface area contributed by atoms with Gasteiger partial charge in [0.1, 0.15) is 12.3 Å². The molecule has 3 aromatic rings.